The smallest absolute Gasteiger partial charge is 0.0330 e. The maximum absolute atomic E-state index is 5.95. The molecule has 0 fully saturated rings. The fourth-order valence-electron chi connectivity index (χ4n) is 1.57. The van der Waals surface area contributed by atoms with Gasteiger partial charge in [-0.1, -0.05) is 37.6 Å². The minimum atomic E-state index is 0.512. The molecule has 0 aliphatic heterocycles. The Balaban J connectivity index is 2.54. The zero-order chi connectivity index (χ0) is 8.97. The van der Waals surface area contributed by atoms with E-state index >= 15 is 0 Å². The van der Waals surface area contributed by atoms with Crippen LogP contribution in [0, 0.1) is 0 Å². The van der Waals surface area contributed by atoms with Gasteiger partial charge in [0, 0.05) is 17.5 Å². The van der Waals surface area contributed by atoms with E-state index in [0.717, 1.165) is 24.5 Å². The second-order valence-electron chi connectivity index (χ2n) is 2.99. The van der Waals surface area contributed by atoms with E-state index in [9.17, 15) is 0 Å². The molecular weight excluding hydrogens is 170 g/mol. The lowest BCUT2D eigenvalue weighted by Gasteiger charge is -2.28. The molecule has 12 heavy (non-hydrogen) atoms. The number of likely N-dealkylation sites (N-methyl/N-ethyl adjacent to an activating group) is 1. The van der Waals surface area contributed by atoms with Crippen LogP contribution >= 0.6 is 11.6 Å². The summed E-state index contributed by atoms with van der Waals surface area (Å²) in [7, 11) is 0. The topological polar surface area (TPSA) is 3.24 Å². The third-order valence-electron chi connectivity index (χ3n) is 2.30. The van der Waals surface area contributed by atoms with E-state index in [2.05, 4.69) is 30.9 Å². The van der Waals surface area contributed by atoms with Gasteiger partial charge < -0.3 is 0 Å². The summed E-state index contributed by atoms with van der Waals surface area (Å²) in [5.41, 5.74) is 0. The molecule has 0 aromatic heterocycles. The minimum absolute atomic E-state index is 0.512. The van der Waals surface area contributed by atoms with Crippen LogP contribution in [0.3, 0.4) is 0 Å². The summed E-state index contributed by atoms with van der Waals surface area (Å²) in [5.74, 6) is 0. The van der Waals surface area contributed by atoms with Crippen LogP contribution in [0.1, 0.15) is 20.3 Å². The molecule has 0 radical (unpaired) electrons. The SMILES string of the molecule is CCN(CC)C1C=CC=C(Cl)C1. The highest BCUT2D eigenvalue weighted by atomic mass is 35.5. The van der Waals surface area contributed by atoms with Gasteiger partial charge in [-0.05, 0) is 19.2 Å². The molecule has 0 aromatic carbocycles. The normalized spacial score (nSPS) is 23.0. The van der Waals surface area contributed by atoms with E-state index in [4.69, 9.17) is 11.6 Å². The van der Waals surface area contributed by atoms with Gasteiger partial charge in [0.2, 0.25) is 0 Å². The second-order valence-corrected chi connectivity index (χ2v) is 3.48. The van der Waals surface area contributed by atoms with Crippen molar-refractivity contribution in [2.45, 2.75) is 26.3 Å². The van der Waals surface area contributed by atoms with Gasteiger partial charge in [0.05, 0.1) is 0 Å². The summed E-state index contributed by atoms with van der Waals surface area (Å²) < 4.78 is 0. The molecule has 1 unspecified atom stereocenters. The molecular formula is C10H16ClN. The van der Waals surface area contributed by atoms with Crippen molar-refractivity contribution in [2.24, 2.45) is 0 Å². The average molecular weight is 186 g/mol. The highest BCUT2D eigenvalue weighted by molar-refractivity contribution is 6.29. The van der Waals surface area contributed by atoms with Crippen LogP contribution in [-0.2, 0) is 0 Å². The molecule has 1 aliphatic rings. The third kappa shape index (κ3) is 2.36. The number of hydrogen-bond acceptors (Lipinski definition) is 1. The predicted octanol–water partition coefficient (Wildman–Crippen LogP) is 2.78. The van der Waals surface area contributed by atoms with E-state index in [1.54, 1.807) is 0 Å². The van der Waals surface area contributed by atoms with E-state index in [1.165, 1.54) is 0 Å². The van der Waals surface area contributed by atoms with Gasteiger partial charge in [0.15, 0.2) is 0 Å². The van der Waals surface area contributed by atoms with Crippen LogP contribution in [-0.4, -0.2) is 24.0 Å². The van der Waals surface area contributed by atoms with Crippen molar-refractivity contribution in [1.29, 1.82) is 0 Å². The quantitative estimate of drug-likeness (QED) is 0.654. The van der Waals surface area contributed by atoms with E-state index in [-0.39, 0.29) is 0 Å². The number of hydrogen-bond donors (Lipinski definition) is 0. The maximum Gasteiger partial charge on any atom is 0.0330 e. The highest BCUT2D eigenvalue weighted by Crippen LogP contribution is 2.19. The van der Waals surface area contributed by atoms with E-state index in [0.29, 0.717) is 6.04 Å². The monoisotopic (exact) mass is 185 g/mol. The van der Waals surface area contributed by atoms with Crippen LogP contribution in [0.2, 0.25) is 0 Å². The molecule has 0 heterocycles. The fraction of sp³-hybridized carbons (Fsp3) is 0.600. The van der Waals surface area contributed by atoms with Crippen molar-refractivity contribution in [1.82, 2.24) is 4.90 Å². The Kier molecular flexibility index (Phi) is 3.83. The van der Waals surface area contributed by atoms with Gasteiger partial charge in [-0.2, -0.15) is 0 Å². The Hall–Kier alpha value is -0.270. The molecule has 0 saturated heterocycles. The first kappa shape index (κ1) is 9.82. The van der Waals surface area contributed by atoms with Gasteiger partial charge in [-0.25, -0.2) is 0 Å². The number of rotatable bonds is 3. The summed E-state index contributed by atoms with van der Waals surface area (Å²) in [6.45, 7) is 6.55. The molecule has 1 atom stereocenters. The summed E-state index contributed by atoms with van der Waals surface area (Å²) in [4.78, 5) is 2.41. The minimum Gasteiger partial charge on any atom is -0.297 e. The number of nitrogens with zero attached hydrogens (tertiary/aromatic N) is 1. The molecule has 0 saturated carbocycles. The van der Waals surface area contributed by atoms with Gasteiger partial charge >= 0.3 is 0 Å². The van der Waals surface area contributed by atoms with Crippen LogP contribution in [0.5, 0.6) is 0 Å². The maximum atomic E-state index is 5.95. The van der Waals surface area contributed by atoms with Crippen LogP contribution in [0.15, 0.2) is 23.3 Å². The lowest BCUT2D eigenvalue weighted by atomic mass is 10.1. The molecule has 1 aliphatic carbocycles. The van der Waals surface area contributed by atoms with Crippen LogP contribution < -0.4 is 0 Å². The van der Waals surface area contributed by atoms with Crippen molar-refractivity contribution in [3.8, 4) is 0 Å². The first-order valence-electron chi connectivity index (χ1n) is 4.54. The predicted molar refractivity (Wildman–Crippen MR) is 54.4 cm³/mol. The van der Waals surface area contributed by atoms with Crippen molar-refractivity contribution < 1.29 is 0 Å². The molecule has 0 N–H and O–H groups in total. The van der Waals surface area contributed by atoms with E-state index < -0.39 is 0 Å². The third-order valence-corrected chi connectivity index (χ3v) is 2.58. The Morgan fingerprint density at radius 3 is 2.67 bits per heavy atom. The van der Waals surface area contributed by atoms with Crippen molar-refractivity contribution in [2.75, 3.05) is 13.1 Å². The van der Waals surface area contributed by atoms with Crippen molar-refractivity contribution >= 4 is 11.6 Å². The standard InChI is InChI=1S/C10H16ClN/c1-3-12(4-2)10-7-5-6-9(11)8-10/h5-7,10H,3-4,8H2,1-2H3. The Labute approximate surface area is 79.7 Å². The van der Waals surface area contributed by atoms with Gasteiger partial charge in [0.1, 0.15) is 0 Å². The van der Waals surface area contributed by atoms with Gasteiger partial charge in [-0.15, -0.1) is 0 Å². The molecule has 1 nitrogen and oxygen atoms in total. The summed E-state index contributed by atoms with van der Waals surface area (Å²) >= 11 is 5.95. The summed E-state index contributed by atoms with van der Waals surface area (Å²) in [6.07, 6.45) is 7.22. The lowest BCUT2D eigenvalue weighted by molar-refractivity contribution is 0.253. The number of halogens is 1. The molecule has 0 amide bonds. The molecule has 2 heteroatoms. The second kappa shape index (κ2) is 4.68. The summed E-state index contributed by atoms with van der Waals surface area (Å²) in [6, 6.07) is 0.512. The Bertz CT molecular complexity index is 192. The average Bonchev–Trinajstić information content (AvgIpc) is 2.07. The van der Waals surface area contributed by atoms with Gasteiger partial charge in [0.25, 0.3) is 0 Å². The molecule has 68 valence electrons. The fourth-order valence-corrected chi connectivity index (χ4v) is 1.80. The Morgan fingerprint density at radius 2 is 2.17 bits per heavy atom. The van der Waals surface area contributed by atoms with Gasteiger partial charge in [-0.3, -0.25) is 4.90 Å². The zero-order valence-electron chi connectivity index (χ0n) is 7.76. The first-order valence-corrected chi connectivity index (χ1v) is 4.92. The lowest BCUT2D eigenvalue weighted by Crippen LogP contribution is -2.34. The van der Waals surface area contributed by atoms with Crippen molar-refractivity contribution in [3.05, 3.63) is 23.3 Å². The summed E-state index contributed by atoms with van der Waals surface area (Å²) in [5, 5.41) is 0.967. The Morgan fingerprint density at radius 1 is 1.50 bits per heavy atom. The zero-order valence-corrected chi connectivity index (χ0v) is 8.51. The highest BCUT2D eigenvalue weighted by Gasteiger charge is 2.15. The molecule has 0 aromatic rings. The van der Waals surface area contributed by atoms with Crippen molar-refractivity contribution in [3.63, 3.8) is 0 Å². The molecule has 0 bridgehead atoms. The molecule has 0 spiro atoms. The first-order chi connectivity index (χ1) is 5.77. The molecule has 1 rings (SSSR count). The van der Waals surface area contributed by atoms with Crippen LogP contribution in [0.4, 0.5) is 0 Å². The number of allylic oxidation sites excluding steroid dienone is 2. The van der Waals surface area contributed by atoms with Crippen LogP contribution in [0.25, 0.3) is 0 Å². The van der Waals surface area contributed by atoms with E-state index in [1.807, 2.05) is 6.08 Å². The largest absolute Gasteiger partial charge is 0.297 e.